The Morgan fingerprint density at radius 1 is 1.32 bits per heavy atom. The Morgan fingerprint density at radius 2 is 2.05 bits per heavy atom. The van der Waals surface area contributed by atoms with Gasteiger partial charge in [0.05, 0.1) is 18.4 Å². The minimum absolute atomic E-state index is 0.103. The molecule has 0 unspecified atom stereocenters. The molecule has 0 radical (unpaired) electrons. The molecule has 0 saturated heterocycles. The summed E-state index contributed by atoms with van der Waals surface area (Å²) in [6.07, 6.45) is 0.961. The fourth-order valence-corrected chi connectivity index (χ4v) is 1.70. The van der Waals surface area contributed by atoms with Crippen LogP contribution in [-0.2, 0) is 4.74 Å². The number of nitrogens with zero attached hydrogens (tertiary/aromatic N) is 1. The summed E-state index contributed by atoms with van der Waals surface area (Å²) in [4.78, 5) is 0. The minimum atomic E-state index is 0.103. The summed E-state index contributed by atoms with van der Waals surface area (Å²) in [5.74, 6) is 0.746. The van der Waals surface area contributed by atoms with E-state index in [2.05, 4.69) is 25.2 Å². The van der Waals surface area contributed by atoms with Gasteiger partial charge in [0.15, 0.2) is 0 Å². The normalized spacial score (nSPS) is 10.9. The molecule has 0 fully saturated rings. The zero-order valence-electron chi connectivity index (χ0n) is 12.1. The highest BCUT2D eigenvalue weighted by Gasteiger charge is 2.18. The van der Waals surface area contributed by atoms with E-state index in [4.69, 9.17) is 14.7 Å². The number of ether oxygens (including phenoxy) is 2. The van der Waals surface area contributed by atoms with Crippen molar-refractivity contribution in [1.82, 2.24) is 0 Å². The van der Waals surface area contributed by atoms with Gasteiger partial charge in [-0.1, -0.05) is 13.8 Å². The van der Waals surface area contributed by atoms with Crippen LogP contribution < -0.4 is 10.1 Å². The van der Waals surface area contributed by atoms with Crippen LogP contribution >= 0.6 is 0 Å². The van der Waals surface area contributed by atoms with Gasteiger partial charge in [0, 0.05) is 26.3 Å². The Bertz CT molecular complexity index is 450. The van der Waals surface area contributed by atoms with Crippen molar-refractivity contribution in [2.24, 2.45) is 5.41 Å². The molecule has 0 heterocycles. The van der Waals surface area contributed by atoms with Gasteiger partial charge < -0.3 is 14.8 Å². The van der Waals surface area contributed by atoms with Crippen molar-refractivity contribution >= 4 is 5.69 Å². The number of nitriles is 1. The lowest BCUT2D eigenvalue weighted by Gasteiger charge is -2.25. The molecule has 0 bridgehead atoms. The number of hydrogen-bond donors (Lipinski definition) is 1. The van der Waals surface area contributed by atoms with E-state index < -0.39 is 0 Å². The fourth-order valence-electron chi connectivity index (χ4n) is 1.70. The molecule has 1 N–H and O–H groups in total. The van der Waals surface area contributed by atoms with Gasteiger partial charge in [-0.25, -0.2) is 0 Å². The van der Waals surface area contributed by atoms with Crippen LogP contribution in [0, 0.1) is 16.7 Å². The van der Waals surface area contributed by atoms with Gasteiger partial charge in [0.25, 0.3) is 0 Å². The van der Waals surface area contributed by atoms with Crippen LogP contribution in [0.25, 0.3) is 0 Å². The average Bonchev–Trinajstić information content (AvgIpc) is 2.42. The van der Waals surface area contributed by atoms with Crippen LogP contribution in [0.3, 0.4) is 0 Å². The van der Waals surface area contributed by atoms with Crippen molar-refractivity contribution in [3.63, 3.8) is 0 Å². The number of rotatable bonds is 7. The molecule has 0 saturated carbocycles. The van der Waals surface area contributed by atoms with E-state index in [0.717, 1.165) is 31.0 Å². The number of methoxy groups -OCH3 is 2. The van der Waals surface area contributed by atoms with Gasteiger partial charge in [-0.15, -0.1) is 0 Å². The van der Waals surface area contributed by atoms with E-state index in [0.29, 0.717) is 5.56 Å². The number of benzene rings is 1. The highest BCUT2D eigenvalue weighted by molar-refractivity contribution is 5.60. The van der Waals surface area contributed by atoms with E-state index in [9.17, 15) is 0 Å². The van der Waals surface area contributed by atoms with Crippen molar-refractivity contribution in [2.75, 3.05) is 32.7 Å². The van der Waals surface area contributed by atoms with E-state index in [1.165, 1.54) is 0 Å². The maximum atomic E-state index is 9.10. The van der Waals surface area contributed by atoms with Crippen LogP contribution in [0.1, 0.15) is 25.8 Å². The molecule has 1 rings (SSSR count). The summed E-state index contributed by atoms with van der Waals surface area (Å²) < 4.78 is 10.3. The Labute approximate surface area is 115 Å². The Hall–Kier alpha value is -1.73. The molecule has 1 aromatic carbocycles. The molecule has 104 valence electrons. The second-order valence-corrected chi connectivity index (χ2v) is 5.28. The number of nitrogens with one attached hydrogen (secondary N) is 1. The van der Waals surface area contributed by atoms with Crippen LogP contribution in [0.4, 0.5) is 5.69 Å². The topological polar surface area (TPSA) is 54.3 Å². The molecule has 0 aromatic heterocycles. The molecule has 0 amide bonds. The highest BCUT2D eigenvalue weighted by Crippen LogP contribution is 2.25. The van der Waals surface area contributed by atoms with Crippen molar-refractivity contribution in [3.05, 3.63) is 23.8 Å². The first kappa shape index (κ1) is 15.3. The van der Waals surface area contributed by atoms with Crippen LogP contribution in [0.2, 0.25) is 0 Å². The Kier molecular flexibility index (Phi) is 5.65. The molecular formula is C15H22N2O2. The average molecular weight is 262 g/mol. The predicted molar refractivity (Wildman–Crippen MR) is 76.5 cm³/mol. The zero-order chi connectivity index (χ0) is 14.3. The summed E-state index contributed by atoms with van der Waals surface area (Å²) in [5.41, 5.74) is 1.54. The molecule has 0 aliphatic rings. The van der Waals surface area contributed by atoms with Gasteiger partial charge in [-0.2, -0.15) is 5.26 Å². The predicted octanol–water partition coefficient (Wildman–Crippen LogP) is 3.04. The maximum Gasteiger partial charge on any atom is 0.121 e. The largest absolute Gasteiger partial charge is 0.497 e. The lowest BCUT2D eigenvalue weighted by Crippen LogP contribution is -2.25. The highest BCUT2D eigenvalue weighted by atomic mass is 16.5. The quantitative estimate of drug-likeness (QED) is 0.820. The first-order valence-electron chi connectivity index (χ1n) is 6.33. The van der Waals surface area contributed by atoms with E-state index in [1.807, 2.05) is 6.07 Å². The number of hydrogen-bond acceptors (Lipinski definition) is 4. The molecule has 19 heavy (non-hydrogen) atoms. The van der Waals surface area contributed by atoms with Gasteiger partial charge in [-0.05, 0) is 24.0 Å². The van der Waals surface area contributed by atoms with Crippen molar-refractivity contribution in [3.8, 4) is 11.8 Å². The fraction of sp³-hybridized carbons (Fsp3) is 0.533. The lowest BCUT2D eigenvalue weighted by atomic mass is 9.89. The van der Waals surface area contributed by atoms with E-state index in [-0.39, 0.29) is 5.41 Å². The van der Waals surface area contributed by atoms with Crippen LogP contribution in [0.15, 0.2) is 18.2 Å². The van der Waals surface area contributed by atoms with E-state index >= 15 is 0 Å². The summed E-state index contributed by atoms with van der Waals surface area (Å²) >= 11 is 0. The van der Waals surface area contributed by atoms with Gasteiger partial charge >= 0.3 is 0 Å². The minimum Gasteiger partial charge on any atom is -0.497 e. The molecule has 4 heteroatoms. The van der Waals surface area contributed by atoms with Crippen molar-refractivity contribution in [2.45, 2.75) is 20.3 Å². The first-order chi connectivity index (χ1) is 9.02. The first-order valence-corrected chi connectivity index (χ1v) is 6.33. The summed E-state index contributed by atoms with van der Waals surface area (Å²) in [6, 6.07) is 7.59. The molecule has 0 aliphatic heterocycles. The van der Waals surface area contributed by atoms with Gasteiger partial charge in [0.1, 0.15) is 11.8 Å². The van der Waals surface area contributed by atoms with Gasteiger partial charge in [0.2, 0.25) is 0 Å². The molecular weight excluding hydrogens is 240 g/mol. The second kappa shape index (κ2) is 7.01. The van der Waals surface area contributed by atoms with Gasteiger partial charge in [-0.3, -0.25) is 0 Å². The van der Waals surface area contributed by atoms with Crippen LogP contribution in [0.5, 0.6) is 5.75 Å². The summed E-state index contributed by atoms with van der Waals surface area (Å²) in [6.45, 7) is 5.85. The third-order valence-corrected chi connectivity index (χ3v) is 3.09. The molecule has 4 nitrogen and oxygen atoms in total. The summed E-state index contributed by atoms with van der Waals surface area (Å²) in [7, 11) is 3.33. The van der Waals surface area contributed by atoms with Crippen molar-refractivity contribution in [1.29, 1.82) is 5.26 Å². The lowest BCUT2D eigenvalue weighted by molar-refractivity contribution is 0.157. The van der Waals surface area contributed by atoms with Crippen molar-refractivity contribution < 1.29 is 9.47 Å². The zero-order valence-corrected chi connectivity index (χ0v) is 12.1. The summed E-state index contributed by atoms with van der Waals surface area (Å²) in [5, 5.41) is 12.4. The smallest absolute Gasteiger partial charge is 0.121 e. The van der Waals surface area contributed by atoms with E-state index in [1.54, 1.807) is 26.4 Å². The third-order valence-electron chi connectivity index (χ3n) is 3.09. The second-order valence-electron chi connectivity index (χ2n) is 5.28. The Morgan fingerprint density at radius 3 is 2.63 bits per heavy atom. The number of anilines is 1. The van der Waals surface area contributed by atoms with Crippen LogP contribution in [-0.4, -0.2) is 27.4 Å². The third kappa shape index (κ3) is 4.80. The maximum absolute atomic E-state index is 9.10. The molecule has 1 aromatic rings. The standard InChI is InChI=1S/C15H22N2O2/c1-15(2,7-8-18-3)11-17-14-9-13(19-4)6-5-12(14)10-16/h5-6,9,17H,7-8,11H2,1-4H3. The monoisotopic (exact) mass is 262 g/mol. The molecule has 0 atom stereocenters. The molecule has 0 spiro atoms. The molecule has 0 aliphatic carbocycles. The Balaban J connectivity index is 2.73. The SMILES string of the molecule is COCCC(C)(C)CNc1cc(OC)ccc1C#N.